The molecule has 3 rings (SSSR count). The van der Waals surface area contributed by atoms with Crippen LogP contribution in [0.3, 0.4) is 0 Å². The fourth-order valence-electron chi connectivity index (χ4n) is 4.24. The first-order chi connectivity index (χ1) is 13.9. The van der Waals surface area contributed by atoms with E-state index in [9.17, 15) is 14.4 Å². The van der Waals surface area contributed by atoms with E-state index in [-0.39, 0.29) is 23.8 Å². The number of likely N-dealkylation sites (tertiary alicyclic amines) is 1. The van der Waals surface area contributed by atoms with E-state index in [1.165, 1.54) is 7.11 Å². The number of amides is 2. The smallest absolute Gasteiger partial charge is 0.339 e. The lowest BCUT2D eigenvalue weighted by atomic mass is 9.93. The van der Waals surface area contributed by atoms with E-state index < -0.39 is 5.97 Å². The van der Waals surface area contributed by atoms with Crippen molar-refractivity contribution < 1.29 is 23.9 Å². The SMILES string of the molecule is COC(=O)c1c(C)[nH]c(C(=O)N2CCC(CC(=O)NCC3CCCO3)CC2)c1C. The van der Waals surface area contributed by atoms with Crippen LogP contribution in [0.25, 0.3) is 0 Å². The average molecular weight is 405 g/mol. The molecule has 1 aromatic rings. The highest BCUT2D eigenvalue weighted by molar-refractivity contribution is 6.00. The van der Waals surface area contributed by atoms with E-state index in [4.69, 9.17) is 9.47 Å². The first kappa shape index (κ1) is 21.4. The zero-order chi connectivity index (χ0) is 21.0. The second kappa shape index (κ2) is 9.43. The number of nitrogens with one attached hydrogen (secondary N) is 2. The van der Waals surface area contributed by atoms with Gasteiger partial charge in [-0.2, -0.15) is 0 Å². The minimum absolute atomic E-state index is 0.0591. The van der Waals surface area contributed by atoms with Crippen LogP contribution in [0.5, 0.6) is 0 Å². The summed E-state index contributed by atoms with van der Waals surface area (Å²) in [7, 11) is 1.33. The minimum Gasteiger partial charge on any atom is -0.465 e. The molecule has 160 valence electrons. The molecule has 0 spiro atoms. The third-order valence-electron chi connectivity index (χ3n) is 5.97. The predicted octanol–water partition coefficient (Wildman–Crippen LogP) is 1.96. The van der Waals surface area contributed by atoms with Crippen LogP contribution in [0.15, 0.2) is 0 Å². The normalized spacial score (nSPS) is 20.0. The van der Waals surface area contributed by atoms with Crippen LogP contribution in [-0.4, -0.2) is 67.1 Å². The molecule has 0 aromatic carbocycles. The Bertz CT molecular complexity index is 759. The first-order valence-electron chi connectivity index (χ1n) is 10.4. The Labute approximate surface area is 171 Å². The second-order valence-corrected chi connectivity index (χ2v) is 8.00. The van der Waals surface area contributed by atoms with Crippen molar-refractivity contribution >= 4 is 17.8 Å². The molecule has 2 aliphatic heterocycles. The number of piperidine rings is 1. The number of aryl methyl sites for hydroxylation is 1. The Morgan fingerprint density at radius 3 is 2.55 bits per heavy atom. The molecule has 2 amide bonds. The minimum atomic E-state index is -0.442. The van der Waals surface area contributed by atoms with Gasteiger partial charge in [-0.1, -0.05) is 0 Å². The van der Waals surface area contributed by atoms with E-state index in [0.29, 0.717) is 48.6 Å². The number of carbonyl (C=O) groups is 3. The lowest BCUT2D eigenvalue weighted by Crippen LogP contribution is -2.40. The van der Waals surface area contributed by atoms with Gasteiger partial charge in [-0.25, -0.2) is 4.79 Å². The molecular formula is C21H31N3O5. The van der Waals surface area contributed by atoms with Gasteiger partial charge < -0.3 is 24.7 Å². The number of carbonyl (C=O) groups excluding carboxylic acids is 3. The fraction of sp³-hybridized carbons (Fsp3) is 0.667. The Morgan fingerprint density at radius 2 is 1.93 bits per heavy atom. The number of nitrogens with zero attached hydrogens (tertiary/aromatic N) is 1. The molecule has 1 unspecified atom stereocenters. The molecule has 3 heterocycles. The maximum Gasteiger partial charge on any atom is 0.339 e. The Morgan fingerprint density at radius 1 is 1.21 bits per heavy atom. The van der Waals surface area contributed by atoms with Gasteiger partial charge >= 0.3 is 5.97 Å². The lowest BCUT2D eigenvalue weighted by Gasteiger charge is -2.31. The molecule has 8 heteroatoms. The van der Waals surface area contributed by atoms with Crippen molar-refractivity contribution in [1.29, 1.82) is 0 Å². The molecule has 1 atom stereocenters. The van der Waals surface area contributed by atoms with Crippen LogP contribution in [-0.2, 0) is 14.3 Å². The Hall–Kier alpha value is -2.35. The van der Waals surface area contributed by atoms with Gasteiger partial charge in [-0.3, -0.25) is 9.59 Å². The van der Waals surface area contributed by atoms with Crippen LogP contribution in [0.4, 0.5) is 0 Å². The molecule has 2 N–H and O–H groups in total. The molecule has 0 radical (unpaired) electrons. The fourth-order valence-corrected chi connectivity index (χ4v) is 4.24. The number of esters is 1. The van der Waals surface area contributed by atoms with E-state index in [2.05, 4.69) is 10.3 Å². The van der Waals surface area contributed by atoms with Gasteiger partial charge in [-0.15, -0.1) is 0 Å². The summed E-state index contributed by atoms with van der Waals surface area (Å²) < 4.78 is 10.3. The van der Waals surface area contributed by atoms with Gasteiger partial charge in [0.05, 0.1) is 18.8 Å². The highest BCUT2D eigenvalue weighted by atomic mass is 16.5. The summed E-state index contributed by atoms with van der Waals surface area (Å²) in [4.78, 5) is 41.9. The summed E-state index contributed by atoms with van der Waals surface area (Å²) in [6.07, 6.45) is 4.30. The molecule has 0 saturated carbocycles. The summed E-state index contributed by atoms with van der Waals surface area (Å²) in [5.74, 6) is -0.213. The molecule has 2 fully saturated rings. The van der Waals surface area contributed by atoms with Gasteiger partial charge in [0.25, 0.3) is 5.91 Å². The average Bonchev–Trinajstić information content (AvgIpc) is 3.33. The van der Waals surface area contributed by atoms with Gasteiger partial charge in [0.2, 0.25) is 5.91 Å². The van der Waals surface area contributed by atoms with E-state index >= 15 is 0 Å². The molecular weight excluding hydrogens is 374 g/mol. The second-order valence-electron chi connectivity index (χ2n) is 8.00. The van der Waals surface area contributed by atoms with E-state index in [0.717, 1.165) is 32.3 Å². The van der Waals surface area contributed by atoms with Gasteiger partial charge in [0.15, 0.2) is 0 Å². The van der Waals surface area contributed by atoms with Crippen LogP contribution in [0.2, 0.25) is 0 Å². The molecule has 1 aromatic heterocycles. The van der Waals surface area contributed by atoms with E-state index in [1.807, 2.05) is 0 Å². The van der Waals surface area contributed by atoms with Gasteiger partial charge in [0.1, 0.15) is 5.69 Å². The van der Waals surface area contributed by atoms with Gasteiger partial charge in [0, 0.05) is 38.4 Å². The largest absolute Gasteiger partial charge is 0.465 e. The zero-order valence-electron chi connectivity index (χ0n) is 17.5. The number of aromatic amines is 1. The van der Waals surface area contributed by atoms with Gasteiger partial charge in [-0.05, 0) is 51.0 Å². The summed E-state index contributed by atoms with van der Waals surface area (Å²) in [5, 5.41) is 2.97. The van der Waals surface area contributed by atoms with Crippen molar-refractivity contribution in [2.45, 2.75) is 52.1 Å². The molecule has 2 saturated heterocycles. The summed E-state index contributed by atoms with van der Waals surface area (Å²) in [6.45, 7) is 6.10. The summed E-state index contributed by atoms with van der Waals surface area (Å²) in [6, 6.07) is 0. The third kappa shape index (κ3) is 4.98. The summed E-state index contributed by atoms with van der Waals surface area (Å²) >= 11 is 0. The molecule has 29 heavy (non-hydrogen) atoms. The number of rotatable bonds is 6. The Kier molecular flexibility index (Phi) is 6.95. The van der Waals surface area contributed by atoms with Crippen molar-refractivity contribution in [3.05, 3.63) is 22.5 Å². The quantitative estimate of drug-likeness (QED) is 0.705. The first-order valence-corrected chi connectivity index (χ1v) is 10.4. The number of ether oxygens (including phenoxy) is 2. The lowest BCUT2D eigenvalue weighted by molar-refractivity contribution is -0.122. The van der Waals surface area contributed by atoms with Crippen LogP contribution >= 0.6 is 0 Å². The van der Waals surface area contributed by atoms with Crippen molar-refractivity contribution in [2.24, 2.45) is 5.92 Å². The number of H-pyrrole nitrogens is 1. The standard InChI is InChI=1S/C21H31N3O5/c1-13-18(21(27)28-3)14(2)23-19(13)20(26)24-8-6-15(7-9-24)11-17(25)22-12-16-5-4-10-29-16/h15-16,23H,4-12H2,1-3H3,(H,22,25). The zero-order valence-corrected chi connectivity index (χ0v) is 17.5. The number of hydrogen-bond donors (Lipinski definition) is 2. The van der Waals surface area contributed by atoms with Crippen LogP contribution < -0.4 is 5.32 Å². The summed E-state index contributed by atoms with van der Waals surface area (Å²) in [5.41, 5.74) is 2.12. The van der Waals surface area contributed by atoms with Crippen molar-refractivity contribution in [1.82, 2.24) is 15.2 Å². The molecule has 0 aliphatic carbocycles. The Balaban J connectivity index is 1.49. The predicted molar refractivity (Wildman–Crippen MR) is 107 cm³/mol. The number of aromatic nitrogens is 1. The monoisotopic (exact) mass is 405 g/mol. The number of hydrogen-bond acceptors (Lipinski definition) is 5. The highest BCUT2D eigenvalue weighted by Gasteiger charge is 2.29. The van der Waals surface area contributed by atoms with E-state index in [1.54, 1.807) is 18.7 Å². The van der Waals surface area contributed by atoms with Crippen molar-refractivity contribution in [3.8, 4) is 0 Å². The van der Waals surface area contributed by atoms with Crippen molar-refractivity contribution in [3.63, 3.8) is 0 Å². The van der Waals surface area contributed by atoms with Crippen LogP contribution in [0.1, 0.15) is 64.2 Å². The molecule has 8 nitrogen and oxygen atoms in total. The molecule has 0 bridgehead atoms. The maximum absolute atomic E-state index is 12.9. The topological polar surface area (TPSA) is 101 Å². The van der Waals surface area contributed by atoms with Crippen LogP contribution in [0, 0.1) is 19.8 Å². The van der Waals surface area contributed by atoms with Crippen molar-refractivity contribution in [2.75, 3.05) is 33.4 Å². The highest BCUT2D eigenvalue weighted by Crippen LogP contribution is 2.25. The molecule has 2 aliphatic rings. The number of methoxy groups -OCH3 is 1. The third-order valence-corrected chi connectivity index (χ3v) is 5.97. The maximum atomic E-state index is 12.9.